The van der Waals surface area contributed by atoms with E-state index in [9.17, 15) is 8.42 Å². The molecule has 0 bridgehead atoms. The van der Waals surface area contributed by atoms with Crippen molar-refractivity contribution in [2.75, 3.05) is 0 Å². The first-order chi connectivity index (χ1) is 5.58. The molecular weight excluding hydrogens is 180 g/mol. The standard InChI is InChI=1S/C5H6N4O2S/c1-9-4-2-3-5(9)12(10,11)8-7-6/h2-4H,1H3. The van der Waals surface area contributed by atoms with Gasteiger partial charge in [0.15, 0.2) is 0 Å². The Morgan fingerprint density at radius 1 is 1.67 bits per heavy atom. The van der Waals surface area contributed by atoms with Crippen LogP contribution < -0.4 is 0 Å². The highest BCUT2D eigenvalue weighted by Gasteiger charge is 2.14. The molecule has 0 atom stereocenters. The summed E-state index contributed by atoms with van der Waals surface area (Å²) in [5.74, 6) is 0. The minimum absolute atomic E-state index is 0.0136. The van der Waals surface area contributed by atoms with Gasteiger partial charge in [0.05, 0.1) is 0 Å². The molecule has 0 saturated heterocycles. The fourth-order valence-corrected chi connectivity index (χ4v) is 1.66. The van der Waals surface area contributed by atoms with Gasteiger partial charge < -0.3 is 4.57 Å². The maximum Gasteiger partial charge on any atom is 0.279 e. The van der Waals surface area contributed by atoms with Crippen molar-refractivity contribution in [3.8, 4) is 0 Å². The van der Waals surface area contributed by atoms with Crippen LogP contribution in [0.15, 0.2) is 27.9 Å². The molecular formula is C5H6N4O2S. The smallest absolute Gasteiger partial charge is 0.279 e. The number of azide groups is 1. The van der Waals surface area contributed by atoms with Crippen LogP contribution in [0.5, 0.6) is 0 Å². The summed E-state index contributed by atoms with van der Waals surface area (Å²) in [5, 5.41) is -0.0136. The lowest BCUT2D eigenvalue weighted by atomic mass is 10.7. The van der Waals surface area contributed by atoms with Crippen LogP contribution in [0.3, 0.4) is 0 Å². The lowest BCUT2D eigenvalue weighted by molar-refractivity contribution is 0.587. The van der Waals surface area contributed by atoms with Gasteiger partial charge in [-0.25, -0.2) is 8.42 Å². The number of hydrogen-bond donors (Lipinski definition) is 0. The topological polar surface area (TPSA) is 87.8 Å². The SMILES string of the molecule is Cn1cccc1S(=O)(=O)N=[N+]=[N-]. The molecule has 64 valence electrons. The largest absolute Gasteiger partial charge is 0.342 e. The summed E-state index contributed by atoms with van der Waals surface area (Å²) in [6.45, 7) is 0. The van der Waals surface area contributed by atoms with Crippen molar-refractivity contribution in [1.82, 2.24) is 4.57 Å². The van der Waals surface area contributed by atoms with Gasteiger partial charge in [-0.15, -0.1) is 0 Å². The van der Waals surface area contributed by atoms with E-state index in [1.165, 1.54) is 10.6 Å². The van der Waals surface area contributed by atoms with Gasteiger partial charge in [0.1, 0.15) is 5.03 Å². The molecule has 0 aromatic carbocycles. The van der Waals surface area contributed by atoms with Crippen molar-refractivity contribution in [3.63, 3.8) is 0 Å². The highest BCUT2D eigenvalue weighted by molar-refractivity contribution is 7.90. The van der Waals surface area contributed by atoms with Gasteiger partial charge >= 0.3 is 0 Å². The highest BCUT2D eigenvalue weighted by atomic mass is 32.2. The van der Waals surface area contributed by atoms with E-state index in [0.29, 0.717) is 0 Å². The molecule has 1 heterocycles. The molecule has 0 fully saturated rings. The zero-order chi connectivity index (χ0) is 9.19. The molecule has 0 aliphatic heterocycles. The quantitative estimate of drug-likeness (QED) is 0.392. The minimum atomic E-state index is -3.83. The van der Waals surface area contributed by atoms with E-state index in [-0.39, 0.29) is 5.03 Å². The molecule has 1 rings (SSSR count). The summed E-state index contributed by atoms with van der Waals surface area (Å²) in [5.41, 5.74) is 7.96. The number of aryl methyl sites for hydroxylation is 1. The van der Waals surface area contributed by atoms with Crippen molar-refractivity contribution in [2.24, 2.45) is 11.6 Å². The van der Waals surface area contributed by atoms with Crippen LogP contribution in [0.1, 0.15) is 0 Å². The molecule has 1 aromatic rings. The molecule has 1 aromatic heterocycles. The third-order valence-corrected chi connectivity index (χ3v) is 2.55. The van der Waals surface area contributed by atoms with Gasteiger partial charge in [-0.2, -0.15) is 0 Å². The van der Waals surface area contributed by atoms with Gasteiger partial charge in [-0.05, 0) is 17.7 Å². The van der Waals surface area contributed by atoms with Crippen molar-refractivity contribution in [1.29, 1.82) is 0 Å². The number of sulfonamides is 1. The van der Waals surface area contributed by atoms with Gasteiger partial charge in [0.25, 0.3) is 10.0 Å². The summed E-state index contributed by atoms with van der Waals surface area (Å²) < 4.78 is 26.2. The summed E-state index contributed by atoms with van der Waals surface area (Å²) >= 11 is 0. The van der Waals surface area contributed by atoms with E-state index in [2.05, 4.69) is 9.43 Å². The number of nitrogens with zero attached hydrogens (tertiary/aromatic N) is 4. The van der Waals surface area contributed by atoms with Gasteiger partial charge in [-0.3, -0.25) is 0 Å². The second kappa shape index (κ2) is 2.88. The summed E-state index contributed by atoms with van der Waals surface area (Å²) in [7, 11) is -2.27. The second-order valence-corrected chi connectivity index (χ2v) is 3.64. The fourth-order valence-electron chi connectivity index (χ4n) is 0.803. The molecule has 0 radical (unpaired) electrons. The van der Waals surface area contributed by atoms with E-state index in [1.807, 2.05) is 0 Å². The lowest BCUT2D eigenvalue weighted by Gasteiger charge is -1.97. The fraction of sp³-hybridized carbons (Fsp3) is 0.200. The lowest BCUT2D eigenvalue weighted by Crippen LogP contribution is -2.01. The van der Waals surface area contributed by atoms with Gasteiger partial charge in [0, 0.05) is 22.7 Å². The van der Waals surface area contributed by atoms with E-state index in [4.69, 9.17) is 5.53 Å². The highest BCUT2D eigenvalue weighted by Crippen LogP contribution is 2.11. The molecule has 12 heavy (non-hydrogen) atoms. The van der Waals surface area contributed by atoms with Crippen molar-refractivity contribution < 1.29 is 8.42 Å². The van der Waals surface area contributed by atoms with Crippen molar-refractivity contribution in [2.45, 2.75) is 5.03 Å². The number of aromatic nitrogens is 1. The Bertz CT molecular complexity index is 426. The monoisotopic (exact) mass is 186 g/mol. The Kier molecular flexibility index (Phi) is 2.07. The summed E-state index contributed by atoms with van der Waals surface area (Å²) in [6, 6.07) is 2.92. The summed E-state index contributed by atoms with van der Waals surface area (Å²) in [6.07, 6.45) is 1.56. The van der Waals surface area contributed by atoms with Crippen LogP contribution >= 0.6 is 0 Å². The van der Waals surface area contributed by atoms with Crippen LogP contribution in [-0.2, 0) is 17.1 Å². The number of hydrogen-bond acceptors (Lipinski definition) is 2. The van der Waals surface area contributed by atoms with Crippen LogP contribution in [0.25, 0.3) is 10.4 Å². The first-order valence-electron chi connectivity index (χ1n) is 3.00. The Morgan fingerprint density at radius 3 is 2.75 bits per heavy atom. The van der Waals surface area contributed by atoms with Crippen LogP contribution in [0.4, 0.5) is 0 Å². The normalized spacial score (nSPS) is 10.8. The molecule has 0 N–H and O–H groups in total. The Morgan fingerprint density at radius 2 is 2.33 bits per heavy atom. The predicted octanol–water partition coefficient (Wildman–Crippen LogP) is 1.02. The van der Waals surface area contributed by atoms with E-state index in [0.717, 1.165) is 0 Å². The number of rotatable bonds is 2. The average Bonchev–Trinajstić information content (AvgIpc) is 2.35. The molecule has 0 aliphatic carbocycles. The Balaban J connectivity index is 3.33. The van der Waals surface area contributed by atoms with E-state index >= 15 is 0 Å². The van der Waals surface area contributed by atoms with Crippen LogP contribution in [0.2, 0.25) is 0 Å². The zero-order valence-corrected chi connectivity index (χ0v) is 7.06. The molecule has 0 amide bonds. The maximum absolute atomic E-state index is 11.1. The summed E-state index contributed by atoms with van der Waals surface area (Å²) in [4.78, 5) is 2.23. The van der Waals surface area contributed by atoms with Gasteiger partial charge in [-0.1, -0.05) is 0 Å². The maximum atomic E-state index is 11.1. The molecule has 0 spiro atoms. The van der Waals surface area contributed by atoms with Crippen LogP contribution in [-0.4, -0.2) is 13.0 Å². The average molecular weight is 186 g/mol. The van der Waals surface area contributed by atoms with Crippen LogP contribution in [0, 0.1) is 0 Å². The first-order valence-corrected chi connectivity index (χ1v) is 4.44. The van der Waals surface area contributed by atoms with Crippen molar-refractivity contribution in [3.05, 3.63) is 28.8 Å². The molecule has 0 aliphatic rings. The van der Waals surface area contributed by atoms with Crippen molar-refractivity contribution >= 4 is 10.0 Å². The second-order valence-electron chi connectivity index (χ2n) is 2.10. The molecule has 6 nitrogen and oxygen atoms in total. The first kappa shape index (κ1) is 8.63. The minimum Gasteiger partial charge on any atom is -0.342 e. The predicted molar refractivity (Wildman–Crippen MR) is 41.7 cm³/mol. The van der Waals surface area contributed by atoms with E-state index in [1.54, 1.807) is 19.3 Å². The molecule has 0 saturated carbocycles. The van der Waals surface area contributed by atoms with E-state index < -0.39 is 10.0 Å². The Labute approximate surface area is 69.1 Å². The van der Waals surface area contributed by atoms with Gasteiger partial charge in [0.2, 0.25) is 0 Å². The third-order valence-electron chi connectivity index (χ3n) is 1.30. The zero-order valence-electron chi connectivity index (χ0n) is 6.25. The molecule has 7 heteroatoms. The molecule has 0 unspecified atom stereocenters. The third kappa shape index (κ3) is 1.41. The Hall–Kier alpha value is -1.46.